The lowest BCUT2D eigenvalue weighted by atomic mass is 10.2. The van der Waals surface area contributed by atoms with Gasteiger partial charge in [0.1, 0.15) is 0 Å². The molecule has 1 aliphatic rings. The third kappa shape index (κ3) is 0.923. The first kappa shape index (κ1) is 4.63. The quantitative estimate of drug-likeness (QED) is 0.382. The van der Waals surface area contributed by atoms with E-state index >= 15 is 0 Å². The smallest absolute Gasteiger partial charge is 0.0689 e. The lowest BCUT2D eigenvalue weighted by molar-refractivity contribution is 0.709. The molecule has 4 N–H and O–H groups in total. The van der Waals surface area contributed by atoms with Crippen molar-refractivity contribution in [1.29, 1.82) is 0 Å². The molecule has 0 aromatic carbocycles. The molecule has 0 aliphatic heterocycles. The average molecular weight is 96.1 g/mol. The standard InChI is InChI=1S/C5H8N2/c6-4-1-2-5(7)3-4/h4-5H,3,6-7H2. The van der Waals surface area contributed by atoms with Crippen LogP contribution < -0.4 is 11.5 Å². The monoisotopic (exact) mass is 96.1 g/mol. The summed E-state index contributed by atoms with van der Waals surface area (Å²) in [5.74, 6) is 5.54. The van der Waals surface area contributed by atoms with Gasteiger partial charge in [-0.3, -0.25) is 0 Å². The van der Waals surface area contributed by atoms with Gasteiger partial charge in [0.2, 0.25) is 0 Å². The molecule has 2 nitrogen and oxygen atoms in total. The van der Waals surface area contributed by atoms with Crippen molar-refractivity contribution in [3.63, 3.8) is 0 Å². The van der Waals surface area contributed by atoms with E-state index in [0.29, 0.717) is 0 Å². The summed E-state index contributed by atoms with van der Waals surface area (Å²) in [5, 5.41) is 0. The van der Waals surface area contributed by atoms with E-state index in [1.165, 1.54) is 0 Å². The van der Waals surface area contributed by atoms with Crippen LogP contribution in [0.4, 0.5) is 0 Å². The van der Waals surface area contributed by atoms with Gasteiger partial charge in [-0.2, -0.15) is 0 Å². The van der Waals surface area contributed by atoms with E-state index < -0.39 is 0 Å². The Morgan fingerprint density at radius 3 is 1.71 bits per heavy atom. The van der Waals surface area contributed by atoms with Crippen molar-refractivity contribution >= 4 is 0 Å². The molecule has 0 bridgehead atoms. The Bertz CT molecular complexity index is 108. The van der Waals surface area contributed by atoms with E-state index in [0.717, 1.165) is 6.42 Å². The van der Waals surface area contributed by atoms with Crippen LogP contribution in [-0.2, 0) is 0 Å². The Morgan fingerprint density at radius 1 is 1.14 bits per heavy atom. The van der Waals surface area contributed by atoms with E-state index in [4.69, 9.17) is 11.5 Å². The van der Waals surface area contributed by atoms with Crippen LogP contribution in [0.3, 0.4) is 0 Å². The zero-order valence-electron chi connectivity index (χ0n) is 4.02. The molecule has 0 fully saturated rings. The zero-order chi connectivity index (χ0) is 5.28. The SMILES string of the molecule is NC1C#CC(N)C1. The van der Waals surface area contributed by atoms with E-state index in [1.54, 1.807) is 0 Å². The Hall–Kier alpha value is -0.520. The van der Waals surface area contributed by atoms with Gasteiger partial charge in [-0.15, -0.1) is 0 Å². The minimum atomic E-state index is 0.0370. The molecule has 0 heterocycles. The molecule has 0 saturated heterocycles. The van der Waals surface area contributed by atoms with Gasteiger partial charge in [0.05, 0.1) is 12.1 Å². The van der Waals surface area contributed by atoms with Gasteiger partial charge in [0, 0.05) is 6.42 Å². The molecule has 0 radical (unpaired) electrons. The molecule has 2 atom stereocenters. The number of hydrogen-bond donors (Lipinski definition) is 2. The van der Waals surface area contributed by atoms with Gasteiger partial charge >= 0.3 is 0 Å². The number of hydrogen-bond acceptors (Lipinski definition) is 2. The van der Waals surface area contributed by atoms with Crippen LogP contribution >= 0.6 is 0 Å². The van der Waals surface area contributed by atoms with Gasteiger partial charge < -0.3 is 11.5 Å². The summed E-state index contributed by atoms with van der Waals surface area (Å²) in [4.78, 5) is 0. The van der Waals surface area contributed by atoms with Crippen molar-refractivity contribution in [2.45, 2.75) is 18.5 Å². The molecule has 0 spiro atoms. The molecule has 0 saturated carbocycles. The third-order valence-corrected chi connectivity index (χ3v) is 0.962. The van der Waals surface area contributed by atoms with Gasteiger partial charge in [0.15, 0.2) is 0 Å². The summed E-state index contributed by atoms with van der Waals surface area (Å²) in [7, 11) is 0. The van der Waals surface area contributed by atoms with E-state index in [1.807, 2.05) is 0 Å². The number of rotatable bonds is 0. The summed E-state index contributed by atoms with van der Waals surface area (Å²) >= 11 is 0. The van der Waals surface area contributed by atoms with E-state index in [-0.39, 0.29) is 12.1 Å². The van der Waals surface area contributed by atoms with Crippen LogP contribution in [0.1, 0.15) is 6.42 Å². The van der Waals surface area contributed by atoms with Crippen LogP contribution in [-0.4, -0.2) is 12.1 Å². The number of nitrogens with two attached hydrogens (primary N) is 2. The normalized spacial score (nSPS) is 37.4. The molecular weight excluding hydrogens is 88.1 g/mol. The molecule has 2 unspecified atom stereocenters. The molecule has 7 heavy (non-hydrogen) atoms. The van der Waals surface area contributed by atoms with Gasteiger partial charge in [-0.1, -0.05) is 11.8 Å². The fourth-order valence-electron chi connectivity index (χ4n) is 0.606. The van der Waals surface area contributed by atoms with Gasteiger partial charge in [-0.25, -0.2) is 0 Å². The van der Waals surface area contributed by atoms with Crippen LogP contribution in [0.5, 0.6) is 0 Å². The maximum atomic E-state index is 5.37. The predicted octanol–water partition coefficient (Wildman–Crippen LogP) is -0.952. The molecule has 38 valence electrons. The van der Waals surface area contributed by atoms with E-state index in [2.05, 4.69) is 11.8 Å². The highest BCUT2D eigenvalue weighted by atomic mass is 14.7. The van der Waals surface area contributed by atoms with Crippen molar-refractivity contribution in [1.82, 2.24) is 0 Å². The molecule has 1 aliphatic carbocycles. The first-order valence-electron chi connectivity index (χ1n) is 2.31. The first-order valence-corrected chi connectivity index (χ1v) is 2.31. The summed E-state index contributed by atoms with van der Waals surface area (Å²) in [6, 6.07) is 0.0741. The van der Waals surface area contributed by atoms with Crippen molar-refractivity contribution in [3.05, 3.63) is 0 Å². The molecule has 1 rings (SSSR count). The van der Waals surface area contributed by atoms with Crippen LogP contribution in [0.15, 0.2) is 0 Å². The maximum Gasteiger partial charge on any atom is 0.0689 e. The highest BCUT2D eigenvalue weighted by Crippen LogP contribution is 1.96. The summed E-state index contributed by atoms with van der Waals surface area (Å²) in [5.41, 5.74) is 10.7. The fourth-order valence-corrected chi connectivity index (χ4v) is 0.606. The summed E-state index contributed by atoms with van der Waals surface area (Å²) in [6.07, 6.45) is 0.806. The molecular formula is C5H8N2. The minimum absolute atomic E-state index is 0.0370. The summed E-state index contributed by atoms with van der Waals surface area (Å²) < 4.78 is 0. The minimum Gasteiger partial charge on any atom is -0.318 e. The lowest BCUT2D eigenvalue weighted by Gasteiger charge is -1.96. The highest BCUT2D eigenvalue weighted by molar-refractivity contribution is 5.19. The molecule has 2 heteroatoms. The third-order valence-electron chi connectivity index (χ3n) is 0.962. The van der Waals surface area contributed by atoms with Crippen molar-refractivity contribution in [3.8, 4) is 11.8 Å². The Morgan fingerprint density at radius 2 is 1.57 bits per heavy atom. The van der Waals surface area contributed by atoms with Crippen molar-refractivity contribution < 1.29 is 0 Å². The topological polar surface area (TPSA) is 52.0 Å². The zero-order valence-corrected chi connectivity index (χ0v) is 4.02. The van der Waals surface area contributed by atoms with Crippen molar-refractivity contribution in [2.75, 3.05) is 0 Å². The Balaban J connectivity index is 2.48. The second-order valence-corrected chi connectivity index (χ2v) is 1.74. The van der Waals surface area contributed by atoms with Crippen molar-refractivity contribution in [2.24, 2.45) is 11.5 Å². The fraction of sp³-hybridized carbons (Fsp3) is 0.600. The molecule has 0 aromatic rings. The Labute approximate surface area is 42.9 Å². The van der Waals surface area contributed by atoms with Crippen LogP contribution in [0, 0.1) is 11.8 Å². The molecule has 0 aromatic heterocycles. The second kappa shape index (κ2) is 1.53. The van der Waals surface area contributed by atoms with Gasteiger partial charge in [0.25, 0.3) is 0 Å². The van der Waals surface area contributed by atoms with Gasteiger partial charge in [-0.05, 0) is 0 Å². The lowest BCUT2D eigenvalue weighted by Crippen LogP contribution is -2.23. The summed E-state index contributed by atoms with van der Waals surface area (Å²) in [6.45, 7) is 0. The van der Waals surface area contributed by atoms with Crippen LogP contribution in [0.25, 0.3) is 0 Å². The first-order chi connectivity index (χ1) is 3.29. The Kier molecular flexibility index (Phi) is 1.01. The second-order valence-electron chi connectivity index (χ2n) is 1.74. The van der Waals surface area contributed by atoms with E-state index in [9.17, 15) is 0 Å². The molecule has 0 amide bonds. The predicted molar refractivity (Wildman–Crippen MR) is 28.3 cm³/mol. The highest BCUT2D eigenvalue weighted by Gasteiger charge is 2.08. The maximum absolute atomic E-state index is 5.37. The largest absolute Gasteiger partial charge is 0.318 e. The van der Waals surface area contributed by atoms with Crippen LogP contribution in [0.2, 0.25) is 0 Å². The average Bonchev–Trinajstić information content (AvgIpc) is 1.87.